The Morgan fingerprint density at radius 2 is 2.04 bits per heavy atom. The quantitative estimate of drug-likeness (QED) is 0.363. The molecule has 0 bridgehead atoms. The van der Waals surface area contributed by atoms with Crippen LogP contribution in [0.25, 0.3) is 0 Å². The molecule has 3 atom stereocenters. The van der Waals surface area contributed by atoms with Crippen LogP contribution in [0, 0.1) is 0 Å². The van der Waals surface area contributed by atoms with Crippen LogP contribution in [0.15, 0.2) is 23.8 Å². The van der Waals surface area contributed by atoms with Gasteiger partial charge in [-0.15, -0.1) is 0 Å². The van der Waals surface area contributed by atoms with Crippen molar-refractivity contribution in [1.82, 2.24) is 10.2 Å². The van der Waals surface area contributed by atoms with Crippen molar-refractivity contribution in [3.63, 3.8) is 0 Å². The SMILES string of the molecule is C/C=C\C=C(/C)CC[C@H](N[C@@H](C)C(=O)N1CCC[C@H]1C(=O)O)C(O)O. The molecule has 0 aliphatic carbocycles. The highest BCUT2D eigenvalue weighted by Crippen LogP contribution is 2.19. The van der Waals surface area contributed by atoms with E-state index >= 15 is 0 Å². The Morgan fingerprint density at radius 3 is 2.60 bits per heavy atom. The lowest BCUT2D eigenvalue weighted by atomic mass is 10.0. The summed E-state index contributed by atoms with van der Waals surface area (Å²) in [6.07, 6.45) is 6.41. The van der Waals surface area contributed by atoms with Crippen LogP contribution in [0.5, 0.6) is 0 Å². The van der Waals surface area contributed by atoms with Crippen molar-refractivity contribution in [2.24, 2.45) is 0 Å². The van der Waals surface area contributed by atoms with E-state index in [1.807, 2.05) is 32.1 Å². The first-order valence-corrected chi connectivity index (χ1v) is 8.71. The third kappa shape index (κ3) is 6.61. The van der Waals surface area contributed by atoms with Crippen LogP contribution in [0.2, 0.25) is 0 Å². The zero-order valence-electron chi connectivity index (χ0n) is 15.2. The van der Waals surface area contributed by atoms with Crippen LogP contribution < -0.4 is 5.32 Å². The maximum atomic E-state index is 12.5. The molecule has 1 aliphatic heterocycles. The largest absolute Gasteiger partial charge is 0.480 e. The van der Waals surface area contributed by atoms with Crippen LogP contribution in [-0.4, -0.2) is 63.1 Å². The Bertz CT molecular complexity index is 516. The van der Waals surface area contributed by atoms with Gasteiger partial charge in [-0.2, -0.15) is 0 Å². The molecule has 0 saturated carbocycles. The first-order chi connectivity index (χ1) is 11.8. The lowest BCUT2D eigenvalue weighted by molar-refractivity contribution is -0.149. The predicted octanol–water partition coefficient (Wildman–Crippen LogP) is 1.02. The van der Waals surface area contributed by atoms with E-state index in [1.165, 1.54) is 4.90 Å². The molecule has 0 aromatic rings. The van der Waals surface area contributed by atoms with E-state index in [-0.39, 0.29) is 5.91 Å². The number of carboxylic acid groups (broad SMARTS) is 1. The predicted molar refractivity (Wildman–Crippen MR) is 94.8 cm³/mol. The molecule has 4 N–H and O–H groups in total. The van der Waals surface area contributed by atoms with Crippen molar-refractivity contribution >= 4 is 11.9 Å². The summed E-state index contributed by atoms with van der Waals surface area (Å²) in [7, 11) is 0. The monoisotopic (exact) mass is 354 g/mol. The first kappa shape index (κ1) is 21.3. The molecule has 1 amide bonds. The third-order valence-corrected chi connectivity index (χ3v) is 4.44. The Labute approximate surface area is 149 Å². The van der Waals surface area contributed by atoms with Gasteiger partial charge in [-0.3, -0.25) is 10.1 Å². The molecule has 0 radical (unpaired) electrons. The molecular weight excluding hydrogens is 324 g/mol. The van der Waals surface area contributed by atoms with Gasteiger partial charge in [0.1, 0.15) is 6.04 Å². The van der Waals surface area contributed by atoms with Crippen molar-refractivity contribution in [2.45, 2.75) is 70.9 Å². The molecular formula is C18H30N2O5. The van der Waals surface area contributed by atoms with Crippen LogP contribution in [0.4, 0.5) is 0 Å². The van der Waals surface area contributed by atoms with E-state index in [9.17, 15) is 24.9 Å². The number of aliphatic hydroxyl groups is 2. The van der Waals surface area contributed by atoms with Gasteiger partial charge in [-0.1, -0.05) is 23.8 Å². The minimum atomic E-state index is -1.60. The molecule has 25 heavy (non-hydrogen) atoms. The number of nitrogens with one attached hydrogen (secondary N) is 1. The Hall–Kier alpha value is -1.70. The maximum Gasteiger partial charge on any atom is 0.326 e. The molecule has 1 saturated heterocycles. The van der Waals surface area contributed by atoms with E-state index in [0.29, 0.717) is 32.2 Å². The van der Waals surface area contributed by atoms with Gasteiger partial charge in [-0.25, -0.2) is 4.79 Å². The average molecular weight is 354 g/mol. The highest BCUT2D eigenvalue weighted by atomic mass is 16.5. The number of carbonyl (C=O) groups is 2. The molecule has 1 fully saturated rings. The number of aliphatic carboxylic acids is 1. The number of carboxylic acids is 1. The van der Waals surface area contributed by atoms with Crippen molar-refractivity contribution in [1.29, 1.82) is 0 Å². The molecule has 1 heterocycles. The number of hydrogen-bond acceptors (Lipinski definition) is 5. The molecule has 0 aromatic heterocycles. The molecule has 142 valence electrons. The highest BCUT2D eigenvalue weighted by Gasteiger charge is 2.36. The van der Waals surface area contributed by atoms with E-state index < -0.39 is 30.4 Å². The lowest BCUT2D eigenvalue weighted by Gasteiger charge is -2.29. The molecule has 7 heteroatoms. The van der Waals surface area contributed by atoms with Gasteiger partial charge >= 0.3 is 5.97 Å². The van der Waals surface area contributed by atoms with E-state index in [4.69, 9.17) is 0 Å². The first-order valence-electron chi connectivity index (χ1n) is 8.71. The van der Waals surface area contributed by atoms with Crippen LogP contribution in [0.1, 0.15) is 46.5 Å². The number of carbonyl (C=O) groups excluding carboxylic acids is 1. The summed E-state index contributed by atoms with van der Waals surface area (Å²) >= 11 is 0. The van der Waals surface area contributed by atoms with Gasteiger partial charge in [0.15, 0.2) is 6.29 Å². The summed E-state index contributed by atoms with van der Waals surface area (Å²) in [4.78, 5) is 25.1. The summed E-state index contributed by atoms with van der Waals surface area (Å²) in [5, 5.41) is 31.3. The van der Waals surface area contributed by atoms with Crippen LogP contribution >= 0.6 is 0 Å². The third-order valence-electron chi connectivity index (χ3n) is 4.44. The van der Waals surface area contributed by atoms with Gasteiger partial charge in [0, 0.05) is 6.54 Å². The summed E-state index contributed by atoms with van der Waals surface area (Å²) in [6, 6.07) is -2.15. The zero-order valence-corrected chi connectivity index (χ0v) is 15.2. The minimum absolute atomic E-state index is 0.322. The molecule has 1 aliphatic rings. The highest BCUT2D eigenvalue weighted by molar-refractivity contribution is 5.87. The number of hydrogen-bond donors (Lipinski definition) is 4. The second kappa shape index (κ2) is 10.3. The molecule has 0 spiro atoms. The number of rotatable bonds is 9. The average Bonchev–Trinajstić information content (AvgIpc) is 3.05. The van der Waals surface area contributed by atoms with Gasteiger partial charge in [0.25, 0.3) is 0 Å². The summed E-state index contributed by atoms with van der Waals surface area (Å²) < 4.78 is 0. The van der Waals surface area contributed by atoms with E-state index in [2.05, 4.69) is 5.32 Å². The van der Waals surface area contributed by atoms with Crippen molar-refractivity contribution in [3.8, 4) is 0 Å². The number of allylic oxidation sites excluding steroid dienone is 4. The van der Waals surface area contributed by atoms with Crippen molar-refractivity contribution < 1.29 is 24.9 Å². The zero-order chi connectivity index (χ0) is 19.0. The number of aliphatic hydroxyl groups excluding tert-OH is 1. The lowest BCUT2D eigenvalue weighted by Crippen LogP contribution is -2.53. The van der Waals surface area contributed by atoms with Gasteiger partial charge < -0.3 is 20.2 Å². The normalized spacial score (nSPS) is 21.1. The fourth-order valence-electron chi connectivity index (χ4n) is 2.97. The summed E-state index contributed by atoms with van der Waals surface area (Å²) in [5.74, 6) is -1.32. The van der Waals surface area contributed by atoms with Crippen LogP contribution in [0.3, 0.4) is 0 Å². The Balaban J connectivity index is 2.64. The number of amides is 1. The van der Waals surface area contributed by atoms with Crippen LogP contribution in [-0.2, 0) is 9.59 Å². The fourth-order valence-corrected chi connectivity index (χ4v) is 2.97. The molecule has 0 aromatic carbocycles. The summed E-state index contributed by atoms with van der Waals surface area (Å²) in [6.45, 7) is 5.91. The summed E-state index contributed by atoms with van der Waals surface area (Å²) in [5.41, 5.74) is 1.09. The van der Waals surface area contributed by atoms with Gasteiger partial charge in [-0.05, 0) is 46.5 Å². The number of likely N-dealkylation sites (tertiary alicyclic amines) is 1. The molecule has 0 unspecified atom stereocenters. The molecule has 1 rings (SSSR count). The van der Waals surface area contributed by atoms with Gasteiger partial charge in [0.2, 0.25) is 5.91 Å². The Kier molecular flexibility index (Phi) is 8.82. The maximum absolute atomic E-state index is 12.5. The second-order valence-corrected chi connectivity index (χ2v) is 6.51. The standard InChI is InChI=1S/C18H30N2O5/c1-4-5-7-12(2)9-10-14(17(22)23)19-13(3)16(21)20-11-6-8-15(20)18(24)25/h4-5,7,13-15,17,19,22-23H,6,8-11H2,1-3H3,(H,24,25)/b5-4-,12-7+/t13-,14-,15-/m0/s1. The molecule has 7 nitrogen and oxygen atoms in total. The van der Waals surface area contributed by atoms with E-state index in [0.717, 1.165) is 5.57 Å². The van der Waals surface area contributed by atoms with Crippen molar-refractivity contribution in [3.05, 3.63) is 23.8 Å². The van der Waals surface area contributed by atoms with Gasteiger partial charge in [0.05, 0.1) is 12.1 Å². The smallest absolute Gasteiger partial charge is 0.326 e. The Morgan fingerprint density at radius 1 is 1.36 bits per heavy atom. The topological polar surface area (TPSA) is 110 Å². The van der Waals surface area contributed by atoms with E-state index in [1.54, 1.807) is 6.92 Å². The fraction of sp³-hybridized carbons (Fsp3) is 0.667. The van der Waals surface area contributed by atoms with Crippen molar-refractivity contribution in [2.75, 3.05) is 6.54 Å². The number of nitrogens with zero attached hydrogens (tertiary/aromatic N) is 1. The minimum Gasteiger partial charge on any atom is -0.480 e. The second-order valence-electron chi connectivity index (χ2n) is 6.51.